The van der Waals surface area contributed by atoms with Crippen LogP contribution >= 0.6 is 0 Å². The van der Waals surface area contributed by atoms with Gasteiger partial charge in [0.25, 0.3) is 11.8 Å². The lowest BCUT2D eigenvalue weighted by molar-refractivity contribution is 0.0643. The van der Waals surface area contributed by atoms with Crippen molar-refractivity contribution in [1.29, 1.82) is 0 Å². The first-order chi connectivity index (χ1) is 11.0. The Labute approximate surface area is 137 Å². The Morgan fingerprint density at radius 2 is 1.96 bits per heavy atom. The number of pyridine rings is 1. The molecule has 2 heterocycles. The summed E-state index contributed by atoms with van der Waals surface area (Å²) >= 11 is 0. The van der Waals surface area contributed by atoms with Crippen molar-refractivity contribution in [2.45, 2.75) is 20.8 Å². The van der Waals surface area contributed by atoms with E-state index in [2.05, 4.69) is 22.1 Å². The molecule has 126 valence electrons. The van der Waals surface area contributed by atoms with E-state index >= 15 is 0 Å². The molecule has 6 heteroatoms. The van der Waals surface area contributed by atoms with Gasteiger partial charge in [-0.15, -0.1) is 0 Å². The van der Waals surface area contributed by atoms with Crippen LogP contribution in [0, 0.1) is 5.92 Å². The first kappa shape index (κ1) is 17.4. The van der Waals surface area contributed by atoms with Gasteiger partial charge in [0.2, 0.25) is 0 Å². The Morgan fingerprint density at radius 1 is 1.26 bits per heavy atom. The number of piperazine rings is 1. The molecule has 0 radical (unpaired) electrons. The van der Waals surface area contributed by atoms with Crippen molar-refractivity contribution < 1.29 is 9.59 Å². The summed E-state index contributed by atoms with van der Waals surface area (Å²) in [6, 6.07) is 3.26. The average Bonchev–Trinajstić information content (AvgIpc) is 2.59. The van der Waals surface area contributed by atoms with Crippen LogP contribution in [0.1, 0.15) is 41.6 Å². The number of hydrogen-bond donors (Lipinski definition) is 1. The second-order valence-corrected chi connectivity index (χ2v) is 6.26. The number of aromatic nitrogens is 1. The monoisotopic (exact) mass is 318 g/mol. The van der Waals surface area contributed by atoms with E-state index in [1.165, 1.54) is 6.20 Å². The van der Waals surface area contributed by atoms with Gasteiger partial charge in [-0.25, -0.2) is 0 Å². The number of likely N-dealkylation sites (N-methyl/N-ethyl adjacent to an activating group) is 1. The summed E-state index contributed by atoms with van der Waals surface area (Å²) in [4.78, 5) is 32.9. The molecule has 0 aromatic carbocycles. The lowest BCUT2D eigenvalue weighted by atomic mass is 10.1. The van der Waals surface area contributed by atoms with E-state index < -0.39 is 0 Å². The van der Waals surface area contributed by atoms with Crippen LogP contribution in [0.3, 0.4) is 0 Å². The maximum atomic E-state index is 12.6. The van der Waals surface area contributed by atoms with E-state index in [4.69, 9.17) is 0 Å². The van der Waals surface area contributed by atoms with Gasteiger partial charge in [0.15, 0.2) is 0 Å². The molecule has 0 bridgehead atoms. The first-order valence-electron chi connectivity index (χ1n) is 8.27. The van der Waals surface area contributed by atoms with Crippen molar-refractivity contribution in [3.8, 4) is 0 Å². The van der Waals surface area contributed by atoms with Crippen LogP contribution in [0.4, 0.5) is 0 Å². The fourth-order valence-electron chi connectivity index (χ4n) is 2.52. The highest BCUT2D eigenvalue weighted by atomic mass is 16.2. The number of hydrogen-bond acceptors (Lipinski definition) is 4. The summed E-state index contributed by atoms with van der Waals surface area (Å²) in [7, 11) is 0. The Hall–Kier alpha value is -1.95. The van der Waals surface area contributed by atoms with E-state index in [-0.39, 0.29) is 11.8 Å². The molecular formula is C17H26N4O2. The summed E-state index contributed by atoms with van der Waals surface area (Å²) in [5.41, 5.74) is 0.823. The molecule has 1 saturated heterocycles. The van der Waals surface area contributed by atoms with Crippen LogP contribution in [-0.4, -0.2) is 65.9 Å². The van der Waals surface area contributed by atoms with Crippen molar-refractivity contribution in [3.05, 3.63) is 29.6 Å². The molecule has 1 fully saturated rings. The van der Waals surface area contributed by atoms with E-state index in [0.717, 1.165) is 32.7 Å². The van der Waals surface area contributed by atoms with Crippen LogP contribution in [0.25, 0.3) is 0 Å². The normalized spacial score (nSPS) is 15.7. The molecule has 1 aromatic heterocycles. The lowest BCUT2D eigenvalue weighted by Gasteiger charge is -2.34. The number of rotatable bonds is 5. The average molecular weight is 318 g/mol. The highest BCUT2D eigenvalue weighted by molar-refractivity contribution is 5.98. The summed E-state index contributed by atoms with van der Waals surface area (Å²) in [5.74, 6) is 0.115. The van der Waals surface area contributed by atoms with Crippen molar-refractivity contribution >= 4 is 11.8 Å². The molecule has 2 rings (SSSR count). The van der Waals surface area contributed by atoms with Gasteiger partial charge in [-0.2, -0.15) is 0 Å². The summed E-state index contributed by atoms with van der Waals surface area (Å²) < 4.78 is 0. The molecule has 0 saturated carbocycles. The first-order valence-corrected chi connectivity index (χ1v) is 8.27. The molecule has 0 spiro atoms. The Balaban J connectivity index is 2.01. The molecule has 0 aliphatic carbocycles. The summed E-state index contributed by atoms with van der Waals surface area (Å²) in [6.07, 6.45) is 1.53. The van der Waals surface area contributed by atoms with Gasteiger partial charge in [0.1, 0.15) is 5.69 Å². The molecule has 1 aromatic rings. The Kier molecular flexibility index (Phi) is 6.10. The van der Waals surface area contributed by atoms with Crippen LogP contribution < -0.4 is 5.32 Å². The third-order valence-corrected chi connectivity index (χ3v) is 4.02. The van der Waals surface area contributed by atoms with Crippen LogP contribution in [-0.2, 0) is 0 Å². The molecule has 1 aliphatic rings. The van der Waals surface area contributed by atoms with Gasteiger partial charge >= 0.3 is 0 Å². The summed E-state index contributed by atoms with van der Waals surface area (Å²) in [5, 5.41) is 2.82. The third kappa shape index (κ3) is 4.76. The maximum absolute atomic E-state index is 12.6. The maximum Gasteiger partial charge on any atom is 0.269 e. The van der Waals surface area contributed by atoms with E-state index in [1.807, 2.05) is 18.7 Å². The SMILES string of the molecule is CCN1CCN(C(=O)c2ccnc(C(=O)NCC(C)C)c2)CC1. The minimum absolute atomic E-state index is 0.0268. The van der Waals surface area contributed by atoms with Gasteiger partial charge in [0, 0.05) is 44.5 Å². The smallest absolute Gasteiger partial charge is 0.269 e. The molecule has 0 unspecified atom stereocenters. The predicted molar refractivity (Wildman–Crippen MR) is 89.4 cm³/mol. The molecule has 23 heavy (non-hydrogen) atoms. The Morgan fingerprint density at radius 3 is 2.57 bits per heavy atom. The second-order valence-electron chi connectivity index (χ2n) is 6.26. The quantitative estimate of drug-likeness (QED) is 0.887. The third-order valence-electron chi connectivity index (χ3n) is 4.02. The minimum Gasteiger partial charge on any atom is -0.350 e. The topological polar surface area (TPSA) is 65.5 Å². The number of carbonyl (C=O) groups excluding carboxylic acids is 2. The number of carbonyl (C=O) groups is 2. The van der Waals surface area contributed by atoms with Crippen LogP contribution in [0.2, 0.25) is 0 Å². The molecule has 1 aliphatic heterocycles. The fraction of sp³-hybridized carbons (Fsp3) is 0.588. The van der Waals surface area contributed by atoms with Gasteiger partial charge < -0.3 is 15.1 Å². The van der Waals surface area contributed by atoms with Crippen molar-refractivity contribution in [2.24, 2.45) is 5.92 Å². The lowest BCUT2D eigenvalue weighted by Crippen LogP contribution is -2.48. The molecule has 0 atom stereocenters. The van der Waals surface area contributed by atoms with Gasteiger partial charge in [-0.1, -0.05) is 20.8 Å². The predicted octanol–water partition coefficient (Wildman–Crippen LogP) is 1.25. The molecular weight excluding hydrogens is 292 g/mol. The standard InChI is InChI=1S/C17H26N4O2/c1-4-20-7-9-21(10-8-20)17(23)14-5-6-18-15(11-14)16(22)19-12-13(2)3/h5-6,11,13H,4,7-10,12H2,1-3H3,(H,19,22). The highest BCUT2D eigenvalue weighted by Crippen LogP contribution is 2.10. The summed E-state index contributed by atoms with van der Waals surface area (Å²) in [6.45, 7) is 11.0. The van der Waals surface area contributed by atoms with Crippen LogP contribution in [0.15, 0.2) is 18.3 Å². The highest BCUT2D eigenvalue weighted by Gasteiger charge is 2.22. The zero-order valence-electron chi connectivity index (χ0n) is 14.2. The van der Waals surface area contributed by atoms with Gasteiger partial charge in [-0.05, 0) is 24.6 Å². The zero-order valence-corrected chi connectivity index (χ0v) is 14.2. The van der Waals surface area contributed by atoms with Crippen molar-refractivity contribution in [2.75, 3.05) is 39.3 Å². The van der Waals surface area contributed by atoms with E-state index in [1.54, 1.807) is 12.1 Å². The fourth-order valence-corrected chi connectivity index (χ4v) is 2.52. The largest absolute Gasteiger partial charge is 0.350 e. The Bertz CT molecular complexity index is 551. The second kappa shape index (κ2) is 8.06. The van der Waals surface area contributed by atoms with Crippen molar-refractivity contribution in [1.82, 2.24) is 20.1 Å². The molecule has 2 amide bonds. The molecule has 6 nitrogen and oxygen atoms in total. The van der Waals surface area contributed by atoms with E-state index in [0.29, 0.717) is 23.7 Å². The van der Waals surface area contributed by atoms with Crippen molar-refractivity contribution in [3.63, 3.8) is 0 Å². The number of amides is 2. The van der Waals surface area contributed by atoms with Crippen LogP contribution in [0.5, 0.6) is 0 Å². The molecule has 1 N–H and O–H groups in total. The van der Waals surface area contributed by atoms with Gasteiger partial charge in [-0.3, -0.25) is 14.6 Å². The zero-order chi connectivity index (χ0) is 16.8. The van der Waals surface area contributed by atoms with Gasteiger partial charge in [0.05, 0.1) is 0 Å². The number of nitrogens with one attached hydrogen (secondary N) is 1. The minimum atomic E-state index is -0.232. The van der Waals surface area contributed by atoms with E-state index in [9.17, 15) is 9.59 Å². The number of nitrogens with zero attached hydrogens (tertiary/aromatic N) is 3.